The zero-order valence-corrected chi connectivity index (χ0v) is 16.0. The smallest absolute Gasteiger partial charge is 0.308 e. The minimum Gasteiger partial charge on any atom is -0.455 e. The molecule has 142 valence electrons. The van der Waals surface area contributed by atoms with Gasteiger partial charge in [-0.3, -0.25) is 14.4 Å². The van der Waals surface area contributed by atoms with Gasteiger partial charge in [-0.25, -0.2) is 0 Å². The van der Waals surface area contributed by atoms with Crippen molar-refractivity contribution in [2.45, 2.75) is 19.4 Å². The van der Waals surface area contributed by atoms with Gasteiger partial charge >= 0.3 is 5.97 Å². The first-order chi connectivity index (χ1) is 12.8. The number of benzene rings is 2. The summed E-state index contributed by atoms with van der Waals surface area (Å²) in [6.07, 6.45) is -0.0986. The molecule has 0 aliphatic carbocycles. The van der Waals surface area contributed by atoms with Crippen LogP contribution in [0.25, 0.3) is 0 Å². The Balaban J connectivity index is 1.89. The van der Waals surface area contributed by atoms with Gasteiger partial charge in [0.15, 0.2) is 6.61 Å². The molecule has 0 spiro atoms. The number of rotatable bonds is 7. The van der Waals surface area contributed by atoms with Crippen LogP contribution in [0.2, 0.25) is 10.0 Å². The summed E-state index contributed by atoms with van der Waals surface area (Å²) in [5, 5.41) is 5.94. The lowest BCUT2D eigenvalue weighted by Gasteiger charge is -2.17. The molecule has 1 atom stereocenters. The number of halogens is 2. The van der Waals surface area contributed by atoms with E-state index in [1.807, 2.05) is 6.07 Å². The fourth-order valence-electron chi connectivity index (χ4n) is 2.33. The first-order valence-corrected chi connectivity index (χ1v) is 8.83. The highest BCUT2D eigenvalue weighted by molar-refractivity contribution is 6.36. The van der Waals surface area contributed by atoms with Crippen molar-refractivity contribution in [3.8, 4) is 0 Å². The fraction of sp³-hybridized carbons (Fsp3) is 0.211. The van der Waals surface area contributed by atoms with E-state index in [2.05, 4.69) is 10.6 Å². The first kappa shape index (κ1) is 20.7. The van der Waals surface area contributed by atoms with Crippen LogP contribution in [0.4, 0.5) is 5.69 Å². The Morgan fingerprint density at radius 2 is 1.78 bits per heavy atom. The van der Waals surface area contributed by atoms with Gasteiger partial charge in [-0.15, -0.1) is 0 Å². The monoisotopic (exact) mass is 408 g/mol. The van der Waals surface area contributed by atoms with Crippen molar-refractivity contribution >= 4 is 46.7 Å². The van der Waals surface area contributed by atoms with Crippen LogP contribution in [0.5, 0.6) is 0 Å². The molecule has 0 radical (unpaired) electrons. The first-order valence-electron chi connectivity index (χ1n) is 8.07. The fourth-order valence-corrected chi connectivity index (χ4v) is 2.79. The lowest BCUT2D eigenvalue weighted by atomic mass is 10.0. The number of hydrogen-bond donors (Lipinski definition) is 2. The summed E-state index contributed by atoms with van der Waals surface area (Å²) in [6, 6.07) is 13.1. The second-order valence-corrected chi connectivity index (χ2v) is 6.54. The van der Waals surface area contributed by atoms with E-state index in [4.69, 9.17) is 27.9 Å². The van der Waals surface area contributed by atoms with Gasteiger partial charge in [-0.05, 0) is 23.8 Å². The number of amides is 2. The zero-order chi connectivity index (χ0) is 19.8. The van der Waals surface area contributed by atoms with Crippen molar-refractivity contribution in [1.29, 1.82) is 0 Å². The van der Waals surface area contributed by atoms with Crippen molar-refractivity contribution in [2.75, 3.05) is 11.9 Å². The summed E-state index contributed by atoms with van der Waals surface area (Å²) in [6.45, 7) is 0.893. The third-order valence-electron chi connectivity index (χ3n) is 3.52. The van der Waals surface area contributed by atoms with Gasteiger partial charge in [-0.1, -0.05) is 53.5 Å². The summed E-state index contributed by atoms with van der Waals surface area (Å²) in [5.74, 6) is -1.43. The number of carbonyl (C=O) groups excluding carboxylic acids is 3. The number of carbonyl (C=O) groups is 3. The third-order valence-corrected chi connectivity index (χ3v) is 4.07. The highest BCUT2D eigenvalue weighted by Crippen LogP contribution is 2.25. The Morgan fingerprint density at radius 3 is 2.41 bits per heavy atom. The number of nitrogens with one attached hydrogen (secondary N) is 2. The van der Waals surface area contributed by atoms with Crippen molar-refractivity contribution in [1.82, 2.24) is 5.32 Å². The molecule has 0 heterocycles. The highest BCUT2D eigenvalue weighted by Gasteiger charge is 2.19. The molecule has 6 nitrogen and oxygen atoms in total. The molecule has 2 aromatic rings. The van der Waals surface area contributed by atoms with E-state index in [1.165, 1.54) is 13.0 Å². The third kappa shape index (κ3) is 6.92. The SMILES string of the molecule is CC(=O)N[C@H](CC(=O)OCC(=O)Nc1ccc(Cl)cc1Cl)c1ccccc1. The second kappa shape index (κ2) is 9.94. The van der Waals surface area contributed by atoms with Crippen LogP contribution >= 0.6 is 23.2 Å². The van der Waals surface area contributed by atoms with Crippen LogP contribution in [0.3, 0.4) is 0 Å². The van der Waals surface area contributed by atoms with Crippen LogP contribution in [-0.4, -0.2) is 24.4 Å². The van der Waals surface area contributed by atoms with E-state index in [0.717, 1.165) is 5.56 Å². The van der Waals surface area contributed by atoms with Gasteiger partial charge in [0, 0.05) is 11.9 Å². The Labute approximate surface area is 166 Å². The van der Waals surface area contributed by atoms with Gasteiger partial charge < -0.3 is 15.4 Å². The molecule has 8 heteroatoms. The van der Waals surface area contributed by atoms with Gasteiger partial charge in [0.2, 0.25) is 5.91 Å². The van der Waals surface area contributed by atoms with Gasteiger partial charge in [0.05, 0.1) is 23.2 Å². The Hall–Kier alpha value is -2.57. The zero-order valence-electron chi connectivity index (χ0n) is 14.5. The molecule has 0 aromatic heterocycles. The van der Waals surface area contributed by atoms with Gasteiger partial charge in [0.25, 0.3) is 5.91 Å². The Kier molecular flexibility index (Phi) is 7.64. The molecule has 2 aromatic carbocycles. The maximum atomic E-state index is 12.1. The molecule has 2 N–H and O–H groups in total. The second-order valence-electron chi connectivity index (χ2n) is 5.70. The van der Waals surface area contributed by atoms with Crippen molar-refractivity contribution in [3.63, 3.8) is 0 Å². The summed E-state index contributed by atoms with van der Waals surface area (Å²) in [4.78, 5) is 35.4. The Morgan fingerprint density at radius 1 is 1.07 bits per heavy atom. The molecular weight excluding hydrogens is 391 g/mol. The predicted molar refractivity (Wildman–Crippen MR) is 104 cm³/mol. The number of esters is 1. The van der Waals surface area contributed by atoms with Gasteiger partial charge in [0.1, 0.15) is 0 Å². The van der Waals surface area contributed by atoms with Crippen molar-refractivity contribution in [2.24, 2.45) is 0 Å². The quantitative estimate of drug-likeness (QED) is 0.683. The van der Waals surface area contributed by atoms with Crippen LogP contribution in [-0.2, 0) is 19.1 Å². The highest BCUT2D eigenvalue weighted by atomic mass is 35.5. The Bertz CT molecular complexity index is 828. The molecule has 0 bridgehead atoms. The lowest BCUT2D eigenvalue weighted by molar-refractivity contribution is -0.148. The molecule has 2 rings (SSSR count). The average Bonchev–Trinajstić information content (AvgIpc) is 2.62. The van der Waals surface area contributed by atoms with Gasteiger partial charge in [-0.2, -0.15) is 0 Å². The number of anilines is 1. The van der Waals surface area contributed by atoms with Crippen molar-refractivity contribution in [3.05, 3.63) is 64.1 Å². The molecule has 0 saturated heterocycles. The van der Waals surface area contributed by atoms with E-state index >= 15 is 0 Å². The predicted octanol–water partition coefficient (Wildman–Crippen LogP) is 3.74. The summed E-state index contributed by atoms with van der Waals surface area (Å²) in [7, 11) is 0. The molecule has 0 saturated carbocycles. The van der Waals surface area contributed by atoms with Crippen LogP contribution < -0.4 is 10.6 Å². The molecule has 0 fully saturated rings. The number of ether oxygens (including phenoxy) is 1. The molecule has 0 unspecified atom stereocenters. The van der Waals surface area contributed by atoms with E-state index in [0.29, 0.717) is 10.7 Å². The summed E-state index contributed by atoms with van der Waals surface area (Å²) in [5.41, 5.74) is 1.13. The largest absolute Gasteiger partial charge is 0.455 e. The lowest BCUT2D eigenvalue weighted by Crippen LogP contribution is -2.29. The molecule has 2 amide bonds. The molecule has 0 aliphatic rings. The normalized spacial score (nSPS) is 11.4. The minimum absolute atomic E-state index is 0.0986. The average molecular weight is 409 g/mol. The minimum atomic E-state index is -0.616. The van der Waals surface area contributed by atoms with E-state index in [-0.39, 0.29) is 17.4 Å². The van der Waals surface area contributed by atoms with Crippen LogP contribution in [0, 0.1) is 0 Å². The van der Waals surface area contributed by atoms with Crippen molar-refractivity contribution < 1.29 is 19.1 Å². The van der Waals surface area contributed by atoms with E-state index in [1.54, 1.807) is 36.4 Å². The molecule has 0 aliphatic heterocycles. The molecular formula is C19H18Cl2N2O4. The van der Waals surface area contributed by atoms with E-state index < -0.39 is 24.5 Å². The standard InChI is InChI=1S/C19H18Cl2N2O4/c1-12(24)22-17(13-5-3-2-4-6-13)10-19(26)27-11-18(25)23-16-8-7-14(20)9-15(16)21/h2-9,17H,10-11H2,1H3,(H,22,24)(H,23,25)/t17-/m1/s1. The van der Waals surface area contributed by atoms with Crippen LogP contribution in [0.15, 0.2) is 48.5 Å². The topological polar surface area (TPSA) is 84.5 Å². The maximum absolute atomic E-state index is 12.1. The maximum Gasteiger partial charge on any atom is 0.308 e. The van der Waals surface area contributed by atoms with E-state index in [9.17, 15) is 14.4 Å². The van der Waals surface area contributed by atoms with Crippen LogP contribution in [0.1, 0.15) is 24.9 Å². The molecule has 27 heavy (non-hydrogen) atoms. The summed E-state index contributed by atoms with van der Waals surface area (Å²) >= 11 is 11.8. The summed E-state index contributed by atoms with van der Waals surface area (Å²) < 4.78 is 5.00. The number of hydrogen-bond acceptors (Lipinski definition) is 4.